The number of rotatable bonds is 10. The molecule has 146 valence electrons. The molecule has 2 aliphatic heterocycles. The molecule has 2 heterocycles. The Hall–Kier alpha value is -0.240. The Labute approximate surface area is 151 Å². The van der Waals surface area contributed by atoms with Gasteiger partial charge in [0.05, 0.1) is 38.6 Å². The Morgan fingerprint density at radius 3 is 1.44 bits per heavy atom. The minimum atomic E-state index is -0.0351. The maximum Gasteiger partial charge on any atom is 0.157 e. The van der Waals surface area contributed by atoms with Gasteiger partial charge in [-0.2, -0.15) is 0 Å². The second-order valence-corrected chi connectivity index (χ2v) is 7.08. The van der Waals surface area contributed by atoms with Crippen LogP contribution < -0.4 is 0 Å². The third-order valence-corrected chi connectivity index (χ3v) is 5.11. The highest BCUT2D eigenvalue weighted by Crippen LogP contribution is 2.25. The molecule has 0 aromatic rings. The number of ether oxygens (including phenoxy) is 6. The molecule has 0 radical (unpaired) electrons. The zero-order valence-corrected chi connectivity index (χ0v) is 15.4. The van der Waals surface area contributed by atoms with Gasteiger partial charge in [-0.3, -0.25) is 0 Å². The summed E-state index contributed by atoms with van der Waals surface area (Å²) >= 11 is 0. The lowest BCUT2D eigenvalue weighted by Crippen LogP contribution is -2.30. The average molecular weight is 358 g/mol. The average Bonchev–Trinajstić information content (AvgIpc) is 3.11. The Morgan fingerprint density at radius 2 is 1.00 bits per heavy atom. The van der Waals surface area contributed by atoms with Crippen LogP contribution in [-0.2, 0) is 28.4 Å². The smallest absolute Gasteiger partial charge is 0.157 e. The van der Waals surface area contributed by atoms with E-state index in [0.29, 0.717) is 26.4 Å². The Morgan fingerprint density at radius 1 is 0.520 bits per heavy atom. The first-order chi connectivity index (χ1) is 12.4. The number of hydrogen-bond acceptors (Lipinski definition) is 6. The molecule has 4 atom stereocenters. The summed E-state index contributed by atoms with van der Waals surface area (Å²) in [7, 11) is 0. The van der Waals surface area contributed by atoms with Crippen LogP contribution in [0.4, 0.5) is 0 Å². The van der Waals surface area contributed by atoms with Gasteiger partial charge in [0.25, 0.3) is 0 Å². The van der Waals surface area contributed by atoms with Gasteiger partial charge in [-0.1, -0.05) is 0 Å². The van der Waals surface area contributed by atoms with Crippen LogP contribution in [-0.4, -0.2) is 64.4 Å². The van der Waals surface area contributed by atoms with E-state index < -0.39 is 0 Å². The molecule has 0 aromatic carbocycles. The van der Waals surface area contributed by atoms with Crippen LogP contribution in [0, 0.1) is 0 Å². The van der Waals surface area contributed by atoms with Gasteiger partial charge >= 0.3 is 0 Å². The first-order valence-electron chi connectivity index (χ1n) is 10.1. The van der Waals surface area contributed by atoms with E-state index in [4.69, 9.17) is 28.4 Å². The van der Waals surface area contributed by atoms with E-state index in [2.05, 4.69) is 0 Å². The third-order valence-electron chi connectivity index (χ3n) is 5.11. The topological polar surface area (TPSA) is 55.4 Å². The van der Waals surface area contributed by atoms with E-state index in [0.717, 1.165) is 58.2 Å². The van der Waals surface area contributed by atoms with E-state index in [-0.39, 0.29) is 24.8 Å². The molecule has 0 N–H and O–H groups in total. The molecular weight excluding hydrogens is 324 g/mol. The van der Waals surface area contributed by atoms with Gasteiger partial charge in [0.15, 0.2) is 12.6 Å². The van der Waals surface area contributed by atoms with Crippen molar-refractivity contribution in [2.75, 3.05) is 39.6 Å². The minimum Gasteiger partial charge on any atom is -0.373 e. The molecule has 2 saturated heterocycles. The quantitative estimate of drug-likeness (QED) is 0.560. The summed E-state index contributed by atoms with van der Waals surface area (Å²) in [6.07, 6.45) is 10.3. The van der Waals surface area contributed by atoms with Gasteiger partial charge in [0, 0.05) is 13.2 Å². The maximum absolute atomic E-state index is 5.98. The molecule has 6 nitrogen and oxygen atoms in total. The molecule has 3 fully saturated rings. The Balaban J connectivity index is 1.22. The first kappa shape index (κ1) is 19.5. The van der Waals surface area contributed by atoms with Crippen molar-refractivity contribution in [3.8, 4) is 0 Å². The van der Waals surface area contributed by atoms with E-state index in [9.17, 15) is 0 Å². The Kier molecular flexibility index (Phi) is 8.95. The standard InChI is InChI=1S/C19H34O6/c1-3-10-22-18(8-1)24-14-12-20-16-6-5-7-17(16)21-13-15-25-19-9-2-4-11-23-19/h16-19H,1-15H2. The first-order valence-corrected chi connectivity index (χ1v) is 10.1. The second kappa shape index (κ2) is 11.5. The SMILES string of the molecule is C1CCC(OCCOC2CCCC2OCCOC2CCCCO2)OC1. The Bertz CT molecular complexity index is 309. The van der Waals surface area contributed by atoms with Crippen LogP contribution in [0.1, 0.15) is 57.8 Å². The van der Waals surface area contributed by atoms with Crippen molar-refractivity contribution in [2.24, 2.45) is 0 Å². The lowest BCUT2D eigenvalue weighted by molar-refractivity contribution is -0.180. The van der Waals surface area contributed by atoms with Crippen LogP contribution in [0.25, 0.3) is 0 Å². The normalized spacial score (nSPS) is 33.6. The fourth-order valence-electron chi connectivity index (χ4n) is 3.72. The zero-order chi connectivity index (χ0) is 17.2. The molecule has 0 bridgehead atoms. The summed E-state index contributed by atoms with van der Waals surface area (Å²) in [5, 5.41) is 0. The molecule has 4 unspecified atom stereocenters. The molecule has 0 amide bonds. The molecule has 1 saturated carbocycles. The summed E-state index contributed by atoms with van der Waals surface area (Å²) in [6.45, 7) is 4.04. The monoisotopic (exact) mass is 358 g/mol. The summed E-state index contributed by atoms with van der Waals surface area (Å²) in [5.41, 5.74) is 0. The minimum absolute atomic E-state index is 0.0351. The highest BCUT2D eigenvalue weighted by molar-refractivity contribution is 4.79. The zero-order valence-electron chi connectivity index (χ0n) is 15.4. The summed E-state index contributed by atoms with van der Waals surface area (Å²) < 4.78 is 34.5. The summed E-state index contributed by atoms with van der Waals surface area (Å²) in [4.78, 5) is 0. The van der Waals surface area contributed by atoms with Crippen molar-refractivity contribution < 1.29 is 28.4 Å². The number of hydrogen-bond donors (Lipinski definition) is 0. The maximum atomic E-state index is 5.98. The van der Waals surface area contributed by atoms with Gasteiger partial charge < -0.3 is 28.4 Å². The summed E-state index contributed by atoms with van der Waals surface area (Å²) in [6, 6.07) is 0. The van der Waals surface area contributed by atoms with Crippen molar-refractivity contribution in [3.63, 3.8) is 0 Å². The van der Waals surface area contributed by atoms with Gasteiger partial charge in [-0.05, 0) is 57.8 Å². The van der Waals surface area contributed by atoms with Crippen molar-refractivity contribution >= 4 is 0 Å². The highest BCUT2D eigenvalue weighted by atomic mass is 16.7. The molecule has 25 heavy (non-hydrogen) atoms. The fraction of sp³-hybridized carbons (Fsp3) is 1.00. The largest absolute Gasteiger partial charge is 0.373 e. The summed E-state index contributed by atoms with van der Waals surface area (Å²) in [5.74, 6) is 0. The lowest BCUT2D eigenvalue weighted by Gasteiger charge is -2.25. The van der Waals surface area contributed by atoms with E-state index in [1.807, 2.05) is 0 Å². The van der Waals surface area contributed by atoms with Gasteiger partial charge in [0.1, 0.15) is 0 Å². The predicted molar refractivity (Wildman–Crippen MR) is 92.4 cm³/mol. The fourth-order valence-corrected chi connectivity index (χ4v) is 3.72. The molecule has 3 rings (SSSR count). The van der Waals surface area contributed by atoms with E-state index >= 15 is 0 Å². The van der Waals surface area contributed by atoms with Gasteiger partial charge in [0.2, 0.25) is 0 Å². The highest BCUT2D eigenvalue weighted by Gasteiger charge is 2.29. The van der Waals surface area contributed by atoms with Crippen LogP contribution in [0.15, 0.2) is 0 Å². The van der Waals surface area contributed by atoms with Crippen molar-refractivity contribution in [2.45, 2.75) is 82.6 Å². The lowest BCUT2D eigenvalue weighted by atomic mass is 10.2. The molecule has 6 heteroatoms. The van der Waals surface area contributed by atoms with Crippen molar-refractivity contribution in [3.05, 3.63) is 0 Å². The van der Waals surface area contributed by atoms with Crippen molar-refractivity contribution in [1.82, 2.24) is 0 Å². The van der Waals surface area contributed by atoms with E-state index in [1.165, 1.54) is 12.8 Å². The van der Waals surface area contributed by atoms with Crippen LogP contribution in [0.2, 0.25) is 0 Å². The third kappa shape index (κ3) is 7.12. The van der Waals surface area contributed by atoms with Crippen molar-refractivity contribution in [1.29, 1.82) is 0 Å². The van der Waals surface area contributed by atoms with Gasteiger partial charge in [-0.25, -0.2) is 0 Å². The molecule has 1 aliphatic carbocycles. The van der Waals surface area contributed by atoms with Crippen LogP contribution >= 0.6 is 0 Å². The van der Waals surface area contributed by atoms with Crippen LogP contribution in [0.3, 0.4) is 0 Å². The molecular formula is C19H34O6. The molecule has 3 aliphatic rings. The predicted octanol–water partition coefficient (Wildman–Crippen LogP) is 3.03. The molecule has 0 spiro atoms. The van der Waals surface area contributed by atoms with Crippen LogP contribution in [0.5, 0.6) is 0 Å². The van der Waals surface area contributed by atoms with Gasteiger partial charge in [-0.15, -0.1) is 0 Å². The second-order valence-electron chi connectivity index (χ2n) is 7.08. The van der Waals surface area contributed by atoms with E-state index in [1.54, 1.807) is 0 Å². The molecule has 0 aromatic heterocycles.